The Labute approximate surface area is 127 Å². The summed E-state index contributed by atoms with van der Waals surface area (Å²) in [6, 6.07) is 10.1. The normalized spacial score (nSPS) is 13.7. The summed E-state index contributed by atoms with van der Waals surface area (Å²) in [5, 5.41) is 0. The molecule has 0 spiro atoms. The molecule has 0 radical (unpaired) electrons. The van der Waals surface area contributed by atoms with Crippen LogP contribution in [0.2, 0.25) is 0 Å². The minimum Gasteiger partial charge on any atom is -0.287 e. The van der Waals surface area contributed by atoms with Crippen molar-refractivity contribution in [3.63, 3.8) is 0 Å². The lowest BCUT2D eigenvalue weighted by Crippen LogP contribution is -2.12. The molecule has 0 aliphatic rings. The SMILES string of the molecule is C/C=C/[C@H](CCc1ccccc1)OP(=O)(OCC)OCC. The van der Waals surface area contributed by atoms with Crippen LogP contribution in [0.1, 0.15) is 32.8 Å². The standard InChI is InChI=1S/C16H25O4P/c1-4-10-16(14-13-15-11-8-7-9-12-15)20-21(17,18-5-2)19-6-3/h4,7-12,16H,5-6,13-14H2,1-3H3/b10-4+/t16-/m1/s1. The van der Waals surface area contributed by atoms with Gasteiger partial charge < -0.3 is 0 Å². The molecule has 0 saturated carbocycles. The first kappa shape index (κ1) is 18.1. The van der Waals surface area contributed by atoms with Crippen molar-refractivity contribution in [1.82, 2.24) is 0 Å². The highest BCUT2D eigenvalue weighted by molar-refractivity contribution is 7.48. The van der Waals surface area contributed by atoms with E-state index in [0.29, 0.717) is 13.2 Å². The Bertz CT molecular complexity index is 449. The molecule has 0 fully saturated rings. The van der Waals surface area contributed by atoms with E-state index in [1.54, 1.807) is 13.8 Å². The molecule has 0 heterocycles. The van der Waals surface area contributed by atoms with Gasteiger partial charge in [0.1, 0.15) is 0 Å². The average molecular weight is 312 g/mol. The maximum atomic E-state index is 12.4. The Morgan fingerprint density at radius 2 is 1.76 bits per heavy atom. The molecule has 118 valence electrons. The maximum Gasteiger partial charge on any atom is 0.475 e. The topological polar surface area (TPSA) is 44.8 Å². The number of phosphoric acid groups is 1. The third-order valence-electron chi connectivity index (χ3n) is 2.81. The highest BCUT2D eigenvalue weighted by Gasteiger charge is 2.28. The van der Waals surface area contributed by atoms with E-state index >= 15 is 0 Å². The van der Waals surface area contributed by atoms with Crippen molar-refractivity contribution in [2.24, 2.45) is 0 Å². The molecular formula is C16H25O4P. The molecule has 0 N–H and O–H groups in total. The quantitative estimate of drug-likeness (QED) is 0.461. The summed E-state index contributed by atoms with van der Waals surface area (Å²) in [5.74, 6) is 0. The van der Waals surface area contributed by atoms with E-state index in [1.807, 2.05) is 37.3 Å². The van der Waals surface area contributed by atoms with Crippen molar-refractivity contribution >= 4 is 7.82 Å². The number of hydrogen-bond donors (Lipinski definition) is 0. The van der Waals surface area contributed by atoms with Gasteiger partial charge in [-0.2, -0.15) is 0 Å². The van der Waals surface area contributed by atoms with Gasteiger partial charge in [0, 0.05) is 0 Å². The number of rotatable bonds is 10. The van der Waals surface area contributed by atoms with Crippen LogP contribution in [0.5, 0.6) is 0 Å². The van der Waals surface area contributed by atoms with E-state index in [0.717, 1.165) is 12.8 Å². The summed E-state index contributed by atoms with van der Waals surface area (Å²) in [6.45, 7) is 6.02. The Morgan fingerprint density at radius 3 is 2.29 bits per heavy atom. The Hall–Kier alpha value is -0.930. The van der Waals surface area contributed by atoms with Gasteiger partial charge in [0.2, 0.25) is 0 Å². The van der Waals surface area contributed by atoms with Crippen molar-refractivity contribution in [3.8, 4) is 0 Å². The van der Waals surface area contributed by atoms with Gasteiger partial charge in [0.05, 0.1) is 19.3 Å². The lowest BCUT2D eigenvalue weighted by Gasteiger charge is -2.21. The van der Waals surface area contributed by atoms with Crippen LogP contribution in [-0.4, -0.2) is 19.3 Å². The van der Waals surface area contributed by atoms with Gasteiger partial charge in [-0.25, -0.2) is 4.57 Å². The van der Waals surface area contributed by atoms with E-state index in [-0.39, 0.29) is 6.10 Å². The molecule has 0 bridgehead atoms. The van der Waals surface area contributed by atoms with Gasteiger partial charge in [0.15, 0.2) is 0 Å². The zero-order valence-corrected chi connectivity index (χ0v) is 13.9. The largest absolute Gasteiger partial charge is 0.475 e. The second-order valence-corrected chi connectivity index (χ2v) is 6.10. The summed E-state index contributed by atoms with van der Waals surface area (Å²) in [7, 11) is -3.48. The average Bonchev–Trinajstić information content (AvgIpc) is 2.46. The second-order valence-electron chi connectivity index (χ2n) is 4.48. The highest BCUT2D eigenvalue weighted by Crippen LogP contribution is 2.50. The van der Waals surface area contributed by atoms with E-state index in [2.05, 4.69) is 12.1 Å². The Morgan fingerprint density at radius 1 is 1.14 bits per heavy atom. The van der Waals surface area contributed by atoms with Crippen molar-refractivity contribution in [1.29, 1.82) is 0 Å². The number of aryl methyl sites for hydroxylation is 1. The molecule has 1 aromatic carbocycles. The second kappa shape index (κ2) is 9.91. The van der Waals surface area contributed by atoms with Gasteiger partial charge in [0.25, 0.3) is 0 Å². The molecule has 4 nitrogen and oxygen atoms in total. The van der Waals surface area contributed by atoms with Crippen LogP contribution in [0.3, 0.4) is 0 Å². The number of phosphoric ester groups is 1. The molecule has 5 heteroatoms. The van der Waals surface area contributed by atoms with E-state index < -0.39 is 7.82 Å². The minimum absolute atomic E-state index is 0.290. The maximum absolute atomic E-state index is 12.4. The molecule has 0 amide bonds. The van der Waals surface area contributed by atoms with Crippen LogP contribution in [0.25, 0.3) is 0 Å². The highest BCUT2D eigenvalue weighted by atomic mass is 31.2. The molecular weight excluding hydrogens is 287 g/mol. The van der Waals surface area contributed by atoms with E-state index in [1.165, 1.54) is 5.56 Å². The zero-order valence-electron chi connectivity index (χ0n) is 13.0. The lowest BCUT2D eigenvalue weighted by atomic mass is 10.1. The molecule has 0 aromatic heterocycles. The molecule has 1 atom stereocenters. The van der Waals surface area contributed by atoms with Gasteiger partial charge in [-0.05, 0) is 39.2 Å². The van der Waals surface area contributed by atoms with Crippen molar-refractivity contribution in [2.45, 2.75) is 39.7 Å². The smallest absolute Gasteiger partial charge is 0.287 e. The monoisotopic (exact) mass is 312 g/mol. The van der Waals surface area contributed by atoms with Crippen LogP contribution in [-0.2, 0) is 24.6 Å². The molecule has 0 unspecified atom stereocenters. The third-order valence-corrected chi connectivity index (χ3v) is 4.48. The first-order chi connectivity index (χ1) is 10.1. The number of benzene rings is 1. The van der Waals surface area contributed by atoms with E-state index in [9.17, 15) is 4.57 Å². The fraction of sp³-hybridized carbons (Fsp3) is 0.500. The summed E-state index contributed by atoms with van der Waals surface area (Å²) in [4.78, 5) is 0. The summed E-state index contributed by atoms with van der Waals surface area (Å²) in [6.07, 6.45) is 5.04. The van der Waals surface area contributed by atoms with Gasteiger partial charge >= 0.3 is 7.82 Å². The zero-order chi connectivity index (χ0) is 15.6. The molecule has 0 aliphatic carbocycles. The van der Waals surface area contributed by atoms with Gasteiger partial charge in [-0.3, -0.25) is 13.6 Å². The van der Waals surface area contributed by atoms with E-state index in [4.69, 9.17) is 13.6 Å². The number of hydrogen-bond acceptors (Lipinski definition) is 4. The predicted molar refractivity (Wildman–Crippen MR) is 85.3 cm³/mol. The van der Waals surface area contributed by atoms with Gasteiger partial charge in [-0.1, -0.05) is 42.5 Å². The fourth-order valence-corrected chi connectivity index (χ4v) is 3.27. The van der Waals surface area contributed by atoms with Crippen LogP contribution >= 0.6 is 7.82 Å². The van der Waals surface area contributed by atoms with Crippen LogP contribution in [0.15, 0.2) is 42.5 Å². The molecule has 0 saturated heterocycles. The first-order valence-corrected chi connectivity index (χ1v) is 8.83. The Balaban J connectivity index is 2.65. The van der Waals surface area contributed by atoms with Crippen molar-refractivity contribution < 1.29 is 18.1 Å². The fourth-order valence-electron chi connectivity index (χ4n) is 1.93. The van der Waals surface area contributed by atoms with Crippen molar-refractivity contribution in [2.75, 3.05) is 13.2 Å². The van der Waals surface area contributed by atoms with Crippen molar-refractivity contribution in [3.05, 3.63) is 48.0 Å². The molecule has 0 aliphatic heterocycles. The van der Waals surface area contributed by atoms with Crippen LogP contribution < -0.4 is 0 Å². The molecule has 21 heavy (non-hydrogen) atoms. The van der Waals surface area contributed by atoms with Crippen LogP contribution in [0.4, 0.5) is 0 Å². The van der Waals surface area contributed by atoms with Crippen LogP contribution in [0, 0.1) is 0 Å². The summed E-state index contributed by atoms with van der Waals surface area (Å²) < 4.78 is 28.4. The summed E-state index contributed by atoms with van der Waals surface area (Å²) >= 11 is 0. The minimum atomic E-state index is -3.48. The first-order valence-electron chi connectivity index (χ1n) is 7.37. The Kier molecular flexibility index (Phi) is 8.55. The van der Waals surface area contributed by atoms with Gasteiger partial charge in [-0.15, -0.1) is 0 Å². The summed E-state index contributed by atoms with van der Waals surface area (Å²) in [5.41, 5.74) is 1.22. The number of allylic oxidation sites excluding steroid dienone is 1. The third kappa shape index (κ3) is 7.05. The predicted octanol–water partition coefficient (Wildman–Crippen LogP) is 4.76. The molecule has 1 aromatic rings. The molecule has 1 rings (SSSR count). The lowest BCUT2D eigenvalue weighted by molar-refractivity contribution is 0.0977.